The number of aryl methyl sites for hydroxylation is 2. The van der Waals surface area contributed by atoms with Gasteiger partial charge in [0.25, 0.3) is 0 Å². The summed E-state index contributed by atoms with van der Waals surface area (Å²) in [6.07, 6.45) is 5.05. The second-order valence-electron chi connectivity index (χ2n) is 6.76. The van der Waals surface area contributed by atoms with E-state index < -0.39 is 0 Å². The second kappa shape index (κ2) is 6.67. The van der Waals surface area contributed by atoms with Crippen molar-refractivity contribution in [2.24, 2.45) is 0 Å². The highest BCUT2D eigenvalue weighted by atomic mass is 32.2. The van der Waals surface area contributed by atoms with E-state index >= 15 is 0 Å². The van der Waals surface area contributed by atoms with Crippen molar-refractivity contribution >= 4 is 41.3 Å². The lowest BCUT2D eigenvalue weighted by Gasteiger charge is -2.35. The molecule has 0 fully saturated rings. The normalized spacial score (nSPS) is 19.4. The molecule has 2 aromatic rings. The molecule has 2 N–H and O–H groups in total. The van der Waals surface area contributed by atoms with Crippen molar-refractivity contribution in [3.8, 4) is 0 Å². The maximum atomic E-state index is 3.35. The average Bonchev–Trinajstić information content (AvgIpc) is 3.09. The van der Waals surface area contributed by atoms with E-state index in [1.54, 1.807) is 24.3 Å². The molecule has 0 amide bonds. The van der Waals surface area contributed by atoms with Crippen molar-refractivity contribution in [2.45, 2.75) is 32.2 Å². The number of hydrogen-bond acceptors (Lipinski definition) is 6. The molecule has 4 aliphatic rings. The van der Waals surface area contributed by atoms with Gasteiger partial charge in [-0.1, -0.05) is 30.3 Å². The summed E-state index contributed by atoms with van der Waals surface area (Å²) in [7, 11) is 0. The topological polar surface area (TPSA) is 30.5 Å². The van der Waals surface area contributed by atoms with Crippen LogP contribution in [0.4, 0.5) is 17.1 Å². The molecule has 6 heteroatoms. The molecule has 0 radical (unpaired) electrons. The number of nitrogens with zero attached hydrogens (tertiary/aromatic N) is 2. The third kappa shape index (κ3) is 2.86. The van der Waals surface area contributed by atoms with Gasteiger partial charge in [0, 0.05) is 31.8 Å². The van der Waals surface area contributed by atoms with Gasteiger partial charge in [-0.25, -0.2) is 4.72 Å². The molecule has 6 rings (SSSR count). The summed E-state index contributed by atoms with van der Waals surface area (Å²) in [5.41, 5.74) is 8.67. The van der Waals surface area contributed by atoms with Crippen molar-refractivity contribution in [3.63, 3.8) is 0 Å². The van der Waals surface area contributed by atoms with E-state index in [-0.39, 0.29) is 0 Å². The Balaban J connectivity index is 0.000000112. The Kier molecular flexibility index (Phi) is 4.19. The molecule has 0 unspecified atom stereocenters. The van der Waals surface area contributed by atoms with Crippen LogP contribution in [-0.4, -0.2) is 13.1 Å². The van der Waals surface area contributed by atoms with Crippen LogP contribution in [0.3, 0.4) is 0 Å². The summed E-state index contributed by atoms with van der Waals surface area (Å²) < 4.78 is 11.4. The number of rotatable bonds is 0. The van der Waals surface area contributed by atoms with Gasteiger partial charge >= 0.3 is 0 Å². The van der Waals surface area contributed by atoms with Crippen LogP contribution in [-0.2, 0) is 19.4 Å². The number of hydrogen-bond donors (Lipinski definition) is 2. The van der Waals surface area contributed by atoms with Crippen LogP contribution in [0.1, 0.15) is 29.5 Å². The van der Waals surface area contributed by atoms with Gasteiger partial charge < -0.3 is 9.03 Å². The van der Waals surface area contributed by atoms with E-state index in [9.17, 15) is 0 Å². The predicted molar refractivity (Wildman–Crippen MR) is 110 cm³/mol. The van der Waals surface area contributed by atoms with E-state index in [2.05, 4.69) is 54.5 Å². The summed E-state index contributed by atoms with van der Waals surface area (Å²) in [5, 5.41) is 0. The minimum Gasteiger partial charge on any atom is -0.310 e. The summed E-state index contributed by atoms with van der Waals surface area (Å²) in [6, 6.07) is 13.2. The van der Waals surface area contributed by atoms with Crippen LogP contribution in [0.15, 0.2) is 36.4 Å². The predicted octanol–water partition coefficient (Wildman–Crippen LogP) is 4.53. The Morgan fingerprint density at radius 3 is 2.28 bits per heavy atom. The largest absolute Gasteiger partial charge is 0.310 e. The molecule has 0 saturated carbocycles. The zero-order chi connectivity index (χ0) is 16.6. The van der Waals surface area contributed by atoms with Crippen LogP contribution < -0.4 is 18.1 Å². The lowest BCUT2D eigenvalue weighted by Crippen LogP contribution is -2.31. The highest BCUT2D eigenvalue weighted by Crippen LogP contribution is 2.44. The van der Waals surface area contributed by atoms with E-state index in [4.69, 9.17) is 0 Å². The van der Waals surface area contributed by atoms with Gasteiger partial charge in [-0.05, 0) is 48.4 Å². The maximum Gasteiger partial charge on any atom is 0.0758 e. The van der Waals surface area contributed by atoms with E-state index in [1.165, 1.54) is 72.5 Å². The minimum atomic E-state index is 1.00. The van der Waals surface area contributed by atoms with Crippen LogP contribution in [0.25, 0.3) is 0 Å². The first kappa shape index (κ1) is 15.7. The molecule has 0 bridgehead atoms. The first-order valence-corrected chi connectivity index (χ1v) is 10.6. The summed E-state index contributed by atoms with van der Waals surface area (Å²) in [6.45, 7) is 3.37. The smallest absolute Gasteiger partial charge is 0.0758 e. The van der Waals surface area contributed by atoms with Crippen LogP contribution in [0, 0.1) is 0 Å². The lowest BCUT2D eigenvalue weighted by molar-refractivity contribution is 0.771. The molecule has 0 saturated heterocycles. The summed E-state index contributed by atoms with van der Waals surface area (Å²) in [4.78, 5) is 0. The molecule has 4 nitrogen and oxygen atoms in total. The van der Waals surface area contributed by atoms with E-state index in [1.807, 2.05) is 0 Å². The number of nitrogens with one attached hydrogen (secondary N) is 2. The van der Waals surface area contributed by atoms with Crippen LogP contribution in [0.2, 0.25) is 0 Å². The minimum absolute atomic E-state index is 1.00. The van der Waals surface area contributed by atoms with Crippen LogP contribution in [0.5, 0.6) is 0 Å². The maximum absolute atomic E-state index is 3.35. The fourth-order valence-corrected chi connectivity index (χ4v) is 5.83. The first-order chi connectivity index (χ1) is 12.4. The van der Waals surface area contributed by atoms with Crippen molar-refractivity contribution < 1.29 is 0 Å². The first-order valence-electron chi connectivity index (χ1n) is 9.01. The third-order valence-corrected chi connectivity index (χ3v) is 6.90. The molecule has 25 heavy (non-hydrogen) atoms. The zero-order valence-corrected chi connectivity index (χ0v) is 15.8. The highest BCUT2D eigenvalue weighted by Gasteiger charge is 2.25. The van der Waals surface area contributed by atoms with Gasteiger partial charge in [0.1, 0.15) is 0 Å². The Morgan fingerprint density at radius 2 is 1.44 bits per heavy atom. The fraction of sp³-hybridized carbons (Fsp3) is 0.368. The van der Waals surface area contributed by atoms with Crippen molar-refractivity contribution in [1.82, 2.24) is 4.72 Å². The monoisotopic (exact) mass is 370 g/mol. The summed E-state index contributed by atoms with van der Waals surface area (Å²) >= 11 is 3.47. The molecule has 130 valence electrons. The quantitative estimate of drug-likeness (QED) is 0.663. The van der Waals surface area contributed by atoms with Gasteiger partial charge in [-0.2, -0.15) is 0 Å². The Labute approximate surface area is 157 Å². The van der Waals surface area contributed by atoms with Crippen LogP contribution >= 0.6 is 24.3 Å². The van der Waals surface area contributed by atoms with Gasteiger partial charge in [-0.3, -0.25) is 4.31 Å². The number of anilines is 3. The molecule has 0 aliphatic carbocycles. The Bertz CT molecular complexity index is 767. The fourth-order valence-electron chi connectivity index (χ4n) is 4.00. The van der Waals surface area contributed by atoms with E-state index in [0.29, 0.717) is 0 Å². The number of para-hydroxylation sites is 2. The molecule has 4 aliphatic heterocycles. The molecule has 4 heterocycles. The highest BCUT2D eigenvalue weighted by molar-refractivity contribution is 8.02. The average molecular weight is 371 g/mol. The summed E-state index contributed by atoms with van der Waals surface area (Å²) in [5.74, 6) is 0. The molecule has 0 atom stereocenters. The zero-order valence-electron chi connectivity index (χ0n) is 14.1. The molecule has 0 spiro atoms. The van der Waals surface area contributed by atoms with Gasteiger partial charge in [0.15, 0.2) is 0 Å². The van der Waals surface area contributed by atoms with Crippen molar-refractivity contribution in [3.05, 3.63) is 53.1 Å². The van der Waals surface area contributed by atoms with E-state index in [0.717, 1.165) is 6.54 Å². The van der Waals surface area contributed by atoms with Gasteiger partial charge in [-0.15, -0.1) is 0 Å². The van der Waals surface area contributed by atoms with Gasteiger partial charge in [0.2, 0.25) is 0 Å². The van der Waals surface area contributed by atoms with Gasteiger partial charge in [0.05, 0.1) is 29.2 Å². The standard InChI is InChI=1S/C10H12N2S.C9H10N2S/c1-3-8-5-2-6-12-10(8)9(4-1)7-11-13-12;1-3-7-4-2-6-11-9(7)8(5-1)10-12-11/h1,3-4,11H,2,5-7H2;1,3,5,10H,2,4,6H2. The number of benzene rings is 2. The lowest BCUT2D eigenvalue weighted by atomic mass is 9.99. The van der Waals surface area contributed by atoms with Crippen molar-refractivity contribution in [2.75, 3.05) is 26.4 Å². The molecular formula is C19H22N4S2. The second-order valence-corrected chi connectivity index (χ2v) is 8.49. The SMILES string of the molecule is c1cc2c3c(c1)CNSN3CCC2.c1cc2c3c(c1)NSN3CCC2. The molecule has 2 aromatic carbocycles. The van der Waals surface area contributed by atoms with Crippen molar-refractivity contribution in [1.29, 1.82) is 0 Å². The molecular weight excluding hydrogens is 348 g/mol. The Hall–Kier alpha value is -1.50. The third-order valence-electron chi connectivity index (χ3n) is 5.14. The molecule has 0 aromatic heterocycles. The Morgan fingerprint density at radius 1 is 0.760 bits per heavy atom.